The molecule has 0 aliphatic carbocycles. The predicted octanol–water partition coefficient (Wildman–Crippen LogP) is 5.41. The third kappa shape index (κ3) is 4.14. The lowest BCUT2D eigenvalue weighted by molar-refractivity contribution is -0.120. The minimum Gasteiger partial charge on any atom is -0.494 e. The fourth-order valence-electron chi connectivity index (χ4n) is 3.89. The SMILES string of the molecule is CCOc1ccc(C2=C(Nc3ccc(C)cc3)C(=O)N(c3cc(C)cc(C)c3)C2=O)cc1. The molecule has 0 bridgehead atoms. The van der Waals surface area contributed by atoms with E-state index in [9.17, 15) is 9.59 Å². The summed E-state index contributed by atoms with van der Waals surface area (Å²) in [6.45, 7) is 8.38. The van der Waals surface area contributed by atoms with Crippen LogP contribution in [-0.2, 0) is 9.59 Å². The first-order chi connectivity index (χ1) is 15.4. The molecule has 2 amide bonds. The van der Waals surface area contributed by atoms with E-state index in [1.807, 2.05) is 94.4 Å². The number of amides is 2. The van der Waals surface area contributed by atoms with Crippen LogP contribution in [0.2, 0.25) is 0 Å². The summed E-state index contributed by atoms with van der Waals surface area (Å²) in [5.74, 6) is -0.00365. The number of aryl methyl sites for hydroxylation is 3. The number of carbonyl (C=O) groups is 2. The van der Waals surface area contributed by atoms with Gasteiger partial charge in [-0.1, -0.05) is 35.9 Å². The molecular weight excluding hydrogens is 400 g/mol. The van der Waals surface area contributed by atoms with Gasteiger partial charge in [-0.05, 0) is 80.8 Å². The number of rotatable bonds is 6. The van der Waals surface area contributed by atoms with E-state index in [-0.39, 0.29) is 17.5 Å². The van der Waals surface area contributed by atoms with Crippen molar-refractivity contribution in [1.82, 2.24) is 0 Å². The van der Waals surface area contributed by atoms with Gasteiger partial charge in [0, 0.05) is 5.69 Å². The van der Waals surface area contributed by atoms with Crippen LogP contribution in [0, 0.1) is 20.8 Å². The monoisotopic (exact) mass is 426 g/mol. The van der Waals surface area contributed by atoms with E-state index in [0.29, 0.717) is 29.2 Å². The molecule has 162 valence electrons. The van der Waals surface area contributed by atoms with Crippen LogP contribution in [0.1, 0.15) is 29.2 Å². The highest BCUT2D eigenvalue weighted by Crippen LogP contribution is 2.35. The Labute approximate surface area is 188 Å². The molecule has 5 nitrogen and oxygen atoms in total. The number of hydrogen-bond donors (Lipinski definition) is 1. The molecule has 4 rings (SSSR count). The Morgan fingerprint density at radius 1 is 0.781 bits per heavy atom. The number of nitrogens with zero attached hydrogens (tertiary/aromatic N) is 1. The molecule has 0 aromatic heterocycles. The third-order valence-electron chi connectivity index (χ3n) is 5.32. The van der Waals surface area contributed by atoms with Crippen LogP contribution in [-0.4, -0.2) is 18.4 Å². The Morgan fingerprint density at radius 3 is 2.00 bits per heavy atom. The zero-order valence-electron chi connectivity index (χ0n) is 18.7. The van der Waals surface area contributed by atoms with E-state index in [0.717, 1.165) is 22.4 Å². The Morgan fingerprint density at radius 2 is 1.41 bits per heavy atom. The maximum atomic E-state index is 13.6. The molecule has 3 aromatic rings. The maximum Gasteiger partial charge on any atom is 0.282 e. The van der Waals surface area contributed by atoms with Crippen molar-refractivity contribution in [3.63, 3.8) is 0 Å². The average molecular weight is 427 g/mol. The first-order valence-electron chi connectivity index (χ1n) is 10.7. The highest BCUT2D eigenvalue weighted by molar-refractivity contribution is 6.46. The van der Waals surface area contributed by atoms with Gasteiger partial charge in [0.25, 0.3) is 11.8 Å². The fourth-order valence-corrected chi connectivity index (χ4v) is 3.89. The van der Waals surface area contributed by atoms with Gasteiger partial charge in [0.15, 0.2) is 0 Å². The van der Waals surface area contributed by atoms with Gasteiger partial charge in [-0.25, -0.2) is 4.90 Å². The highest BCUT2D eigenvalue weighted by atomic mass is 16.5. The van der Waals surface area contributed by atoms with Crippen molar-refractivity contribution in [3.8, 4) is 5.75 Å². The molecule has 1 heterocycles. The summed E-state index contributed by atoms with van der Waals surface area (Å²) in [5.41, 5.74) is 5.68. The van der Waals surface area contributed by atoms with Gasteiger partial charge < -0.3 is 10.1 Å². The fraction of sp³-hybridized carbons (Fsp3) is 0.185. The molecule has 1 aliphatic rings. The van der Waals surface area contributed by atoms with Crippen LogP contribution in [0.5, 0.6) is 5.75 Å². The summed E-state index contributed by atoms with van der Waals surface area (Å²) in [4.78, 5) is 28.4. The minimum absolute atomic E-state index is 0.266. The quantitative estimate of drug-likeness (QED) is 0.536. The Bertz CT molecular complexity index is 1190. The maximum absolute atomic E-state index is 13.6. The first-order valence-corrected chi connectivity index (χ1v) is 10.7. The summed E-state index contributed by atoms with van der Waals surface area (Å²) in [7, 11) is 0. The average Bonchev–Trinajstić information content (AvgIpc) is 2.99. The number of imide groups is 1. The van der Waals surface area contributed by atoms with Gasteiger partial charge in [0.1, 0.15) is 11.4 Å². The second-order valence-corrected chi connectivity index (χ2v) is 7.99. The number of benzene rings is 3. The molecule has 1 aliphatic heterocycles. The largest absolute Gasteiger partial charge is 0.494 e. The van der Waals surface area contributed by atoms with Crippen molar-refractivity contribution in [2.75, 3.05) is 16.8 Å². The third-order valence-corrected chi connectivity index (χ3v) is 5.32. The van der Waals surface area contributed by atoms with Gasteiger partial charge in [-0.3, -0.25) is 9.59 Å². The van der Waals surface area contributed by atoms with Crippen LogP contribution < -0.4 is 15.0 Å². The lowest BCUT2D eigenvalue weighted by atomic mass is 10.0. The molecule has 3 aromatic carbocycles. The zero-order valence-corrected chi connectivity index (χ0v) is 18.7. The van der Waals surface area contributed by atoms with Gasteiger partial charge in [0.05, 0.1) is 17.9 Å². The second-order valence-electron chi connectivity index (χ2n) is 7.99. The summed E-state index contributed by atoms with van der Waals surface area (Å²) < 4.78 is 5.53. The molecule has 0 saturated carbocycles. The molecule has 0 saturated heterocycles. The van der Waals surface area contributed by atoms with Gasteiger partial charge in [0.2, 0.25) is 0 Å². The van der Waals surface area contributed by atoms with E-state index in [4.69, 9.17) is 4.74 Å². The van der Waals surface area contributed by atoms with Crippen molar-refractivity contribution in [3.05, 3.63) is 94.7 Å². The van der Waals surface area contributed by atoms with E-state index in [1.54, 1.807) is 0 Å². The molecular formula is C27H26N2O3. The van der Waals surface area contributed by atoms with Gasteiger partial charge in [-0.15, -0.1) is 0 Å². The van der Waals surface area contributed by atoms with Crippen molar-refractivity contribution in [1.29, 1.82) is 0 Å². The van der Waals surface area contributed by atoms with Crippen LogP contribution in [0.25, 0.3) is 5.57 Å². The number of anilines is 2. The number of nitrogens with one attached hydrogen (secondary N) is 1. The molecule has 0 atom stereocenters. The molecule has 0 spiro atoms. The number of carbonyl (C=O) groups excluding carboxylic acids is 2. The number of ether oxygens (including phenoxy) is 1. The molecule has 32 heavy (non-hydrogen) atoms. The van der Waals surface area contributed by atoms with E-state index < -0.39 is 0 Å². The van der Waals surface area contributed by atoms with Crippen molar-refractivity contribution in [2.45, 2.75) is 27.7 Å². The summed E-state index contributed by atoms with van der Waals surface area (Å²) in [6, 6.07) is 20.7. The standard InChI is InChI=1S/C27H26N2O3/c1-5-32-23-12-8-20(9-13-23)24-25(28-21-10-6-17(2)7-11-21)27(31)29(26(24)30)22-15-18(3)14-19(4)16-22/h6-16,28H,5H2,1-4H3. The Kier molecular flexibility index (Phi) is 5.82. The summed E-state index contributed by atoms with van der Waals surface area (Å²) in [5, 5.41) is 3.20. The Hall–Kier alpha value is -3.86. The topological polar surface area (TPSA) is 58.6 Å². The van der Waals surface area contributed by atoms with Crippen molar-refractivity contribution >= 4 is 28.8 Å². The second kappa shape index (κ2) is 8.71. The van der Waals surface area contributed by atoms with E-state index in [1.165, 1.54) is 4.90 Å². The molecule has 0 fully saturated rings. The van der Waals surface area contributed by atoms with E-state index >= 15 is 0 Å². The Balaban J connectivity index is 1.80. The lowest BCUT2D eigenvalue weighted by Gasteiger charge is -2.17. The molecule has 5 heteroatoms. The van der Waals surface area contributed by atoms with Crippen LogP contribution in [0.4, 0.5) is 11.4 Å². The lowest BCUT2D eigenvalue weighted by Crippen LogP contribution is -2.32. The summed E-state index contributed by atoms with van der Waals surface area (Å²) >= 11 is 0. The minimum atomic E-state index is -0.371. The number of hydrogen-bond acceptors (Lipinski definition) is 4. The molecule has 0 radical (unpaired) electrons. The highest BCUT2D eigenvalue weighted by Gasteiger charge is 2.40. The first kappa shape index (κ1) is 21.4. The van der Waals surface area contributed by atoms with Crippen LogP contribution >= 0.6 is 0 Å². The predicted molar refractivity (Wildman–Crippen MR) is 128 cm³/mol. The van der Waals surface area contributed by atoms with Crippen molar-refractivity contribution < 1.29 is 14.3 Å². The zero-order chi connectivity index (χ0) is 22.8. The van der Waals surface area contributed by atoms with E-state index in [2.05, 4.69) is 5.32 Å². The van der Waals surface area contributed by atoms with Crippen LogP contribution in [0.3, 0.4) is 0 Å². The molecule has 1 N–H and O–H groups in total. The summed E-state index contributed by atoms with van der Waals surface area (Å²) in [6.07, 6.45) is 0. The van der Waals surface area contributed by atoms with Gasteiger partial charge in [-0.2, -0.15) is 0 Å². The van der Waals surface area contributed by atoms with Crippen LogP contribution in [0.15, 0.2) is 72.4 Å². The van der Waals surface area contributed by atoms with Crippen molar-refractivity contribution in [2.24, 2.45) is 0 Å². The molecule has 0 unspecified atom stereocenters. The smallest absolute Gasteiger partial charge is 0.282 e. The van der Waals surface area contributed by atoms with Gasteiger partial charge >= 0.3 is 0 Å². The normalized spacial score (nSPS) is 13.7.